The lowest BCUT2D eigenvalue weighted by atomic mass is 9.98. The van der Waals surface area contributed by atoms with E-state index in [4.69, 9.17) is 0 Å². The number of nitrogens with one attached hydrogen (secondary N) is 3. The summed E-state index contributed by atoms with van der Waals surface area (Å²) in [5.41, 5.74) is 3.27. The van der Waals surface area contributed by atoms with Crippen LogP contribution in [-0.4, -0.2) is 53.4 Å². The van der Waals surface area contributed by atoms with Crippen molar-refractivity contribution >= 4 is 29.2 Å². The molecule has 2 unspecified atom stereocenters. The molecule has 3 aromatic rings. The smallest absolute Gasteiger partial charge is 0.318 e. The SMILES string of the molecule is CC(=O)NCCC(NC(=O)N(C)Cc1csc(C(C)C)n1)C(=O)NC(CCCCc1ccccc1)Cc1ccccc1. The molecule has 9 heteroatoms. The zero-order valence-electron chi connectivity index (χ0n) is 25.3. The van der Waals surface area contributed by atoms with E-state index >= 15 is 0 Å². The predicted molar refractivity (Wildman–Crippen MR) is 169 cm³/mol. The fourth-order valence-corrected chi connectivity index (χ4v) is 5.51. The number of unbranched alkanes of at least 4 members (excludes halogenated alkanes) is 1. The molecule has 1 heterocycles. The van der Waals surface area contributed by atoms with Gasteiger partial charge in [-0.15, -0.1) is 11.3 Å². The van der Waals surface area contributed by atoms with Gasteiger partial charge in [-0.3, -0.25) is 9.59 Å². The predicted octanol–water partition coefficient (Wildman–Crippen LogP) is 5.44. The number of thiazole rings is 1. The van der Waals surface area contributed by atoms with Crippen LogP contribution in [0.5, 0.6) is 0 Å². The lowest BCUT2D eigenvalue weighted by Gasteiger charge is -2.26. The van der Waals surface area contributed by atoms with Gasteiger partial charge in [-0.25, -0.2) is 9.78 Å². The maximum atomic E-state index is 13.6. The van der Waals surface area contributed by atoms with Gasteiger partial charge in [-0.2, -0.15) is 0 Å². The fourth-order valence-electron chi connectivity index (χ4n) is 4.69. The van der Waals surface area contributed by atoms with E-state index in [1.165, 1.54) is 17.4 Å². The number of aromatic nitrogens is 1. The lowest BCUT2D eigenvalue weighted by Crippen LogP contribution is -2.53. The standard InChI is InChI=1S/C33H45N5O3S/c1-24(2)32-36-29(23-42-32)22-38(4)33(41)37-30(19-20-34-25(3)39)31(40)35-28(21-27-16-9-6-10-17-27)18-12-11-15-26-13-7-5-8-14-26/h5-10,13-14,16-17,23-24,28,30H,11-12,15,18-22H2,1-4H3,(H,34,39)(H,35,40)(H,37,41). The minimum Gasteiger partial charge on any atom is -0.356 e. The minimum absolute atomic E-state index is 0.0852. The summed E-state index contributed by atoms with van der Waals surface area (Å²) in [6, 6.07) is 19.3. The highest BCUT2D eigenvalue weighted by atomic mass is 32.1. The summed E-state index contributed by atoms with van der Waals surface area (Å²) >= 11 is 1.58. The second-order valence-electron chi connectivity index (χ2n) is 11.1. The molecule has 42 heavy (non-hydrogen) atoms. The average molecular weight is 592 g/mol. The van der Waals surface area contributed by atoms with E-state index in [1.807, 2.05) is 29.6 Å². The van der Waals surface area contributed by atoms with E-state index in [0.717, 1.165) is 41.9 Å². The Bertz CT molecular complexity index is 1250. The first kappa shape index (κ1) is 32.8. The van der Waals surface area contributed by atoms with Crippen LogP contribution in [0.4, 0.5) is 4.79 Å². The Labute approximate surface area is 254 Å². The quantitative estimate of drug-likeness (QED) is 0.193. The summed E-state index contributed by atoms with van der Waals surface area (Å²) < 4.78 is 0. The van der Waals surface area contributed by atoms with Crippen molar-refractivity contribution in [3.8, 4) is 0 Å². The van der Waals surface area contributed by atoms with E-state index in [-0.39, 0.29) is 36.9 Å². The van der Waals surface area contributed by atoms with Crippen molar-refractivity contribution in [2.45, 2.75) is 83.8 Å². The van der Waals surface area contributed by atoms with Crippen molar-refractivity contribution in [1.82, 2.24) is 25.8 Å². The Morgan fingerprint density at radius 2 is 1.57 bits per heavy atom. The number of nitrogens with zero attached hydrogens (tertiary/aromatic N) is 2. The van der Waals surface area contributed by atoms with E-state index in [0.29, 0.717) is 18.9 Å². The molecule has 0 aliphatic carbocycles. The van der Waals surface area contributed by atoms with Crippen molar-refractivity contribution in [2.24, 2.45) is 0 Å². The molecule has 0 bridgehead atoms. The summed E-state index contributed by atoms with van der Waals surface area (Å²) in [4.78, 5) is 44.4. The Balaban J connectivity index is 1.64. The van der Waals surface area contributed by atoms with Crippen molar-refractivity contribution in [1.29, 1.82) is 0 Å². The highest BCUT2D eigenvalue weighted by Gasteiger charge is 2.25. The zero-order valence-corrected chi connectivity index (χ0v) is 26.1. The Morgan fingerprint density at radius 1 is 0.905 bits per heavy atom. The number of amides is 4. The van der Waals surface area contributed by atoms with Crippen LogP contribution < -0.4 is 16.0 Å². The molecule has 3 N–H and O–H groups in total. The van der Waals surface area contributed by atoms with Gasteiger partial charge in [0.15, 0.2) is 0 Å². The number of hydrogen-bond acceptors (Lipinski definition) is 5. The van der Waals surface area contributed by atoms with E-state index in [2.05, 4.69) is 71.2 Å². The lowest BCUT2D eigenvalue weighted by molar-refractivity contribution is -0.124. The first-order valence-electron chi connectivity index (χ1n) is 14.8. The van der Waals surface area contributed by atoms with Gasteiger partial charge in [0.25, 0.3) is 0 Å². The number of rotatable bonds is 16. The van der Waals surface area contributed by atoms with Gasteiger partial charge in [-0.05, 0) is 43.2 Å². The molecule has 2 aromatic carbocycles. The van der Waals surface area contributed by atoms with Crippen LogP contribution in [0.15, 0.2) is 66.0 Å². The average Bonchev–Trinajstić information content (AvgIpc) is 3.44. The molecule has 8 nitrogen and oxygen atoms in total. The number of carbonyl (C=O) groups is 3. The normalized spacial score (nSPS) is 12.4. The van der Waals surface area contributed by atoms with E-state index in [1.54, 1.807) is 18.4 Å². The molecule has 0 saturated heterocycles. The van der Waals surface area contributed by atoms with Crippen LogP contribution in [0.2, 0.25) is 0 Å². The number of urea groups is 1. The summed E-state index contributed by atoms with van der Waals surface area (Å²) in [7, 11) is 1.69. The first-order valence-corrected chi connectivity index (χ1v) is 15.7. The summed E-state index contributed by atoms with van der Waals surface area (Å²) in [5.74, 6) is -0.101. The number of aryl methyl sites for hydroxylation is 1. The molecule has 4 amide bonds. The van der Waals surface area contributed by atoms with Gasteiger partial charge in [0, 0.05) is 37.9 Å². The molecular weight excluding hydrogens is 546 g/mol. The highest BCUT2D eigenvalue weighted by Crippen LogP contribution is 2.20. The van der Waals surface area contributed by atoms with Gasteiger partial charge in [0.1, 0.15) is 6.04 Å². The molecular formula is C33H45N5O3S. The number of hydrogen-bond donors (Lipinski definition) is 3. The molecule has 0 saturated carbocycles. The van der Waals surface area contributed by atoms with Gasteiger partial charge < -0.3 is 20.9 Å². The van der Waals surface area contributed by atoms with Gasteiger partial charge in [0.05, 0.1) is 17.2 Å². The van der Waals surface area contributed by atoms with Crippen LogP contribution in [0.3, 0.4) is 0 Å². The van der Waals surface area contributed by atoms with Crippen LogP contribution in [0.1, 0.15) is 74.2 Å². The molecule has 0 aliphatic rings. The van der Waals surface area contributed by atoms with Crippen LogP contribution in [-0.2, 0) is 29.0 Å². The maximum Gasteiger partial charge on any atom is 0.318 e. The van der Waals surface area contributed by atoms with E-state index < -0.39 is 6.04 Å². The minimum atomic E-state index is -0.795. The molecule has 0 radical (unpaired) electrons. The van der Waals surface area contributed by atoms with Crippen LogP contribution in [0.25, 0.3) is 0 Å². The second kappa shape index (κ2) is 17.3. The molecule has 2 atom stereocenters. The first-order chi connectivity index (χ1) is 20.2. The van der Waals surface area contributed by atoms with Crippen molar-refractivity contribution in [3.63, 3.8) is 0 Å². The molecule has 0 fully saturated rings. The highest BCUT2D eigenvalue weighted by molar-refractivity contribution is 7.09. The van der Waals surface area contributed by atoms with Gasteiger partial charge in [-0.1, -0.05) is 80.9 Å². The second-order valence-corrected chi connectivity index (χ2v) is 12.0. The summed E-state index contributed by atoms with van der Waals surface area (Å²) in [5, 5.41) is 11.9. The molecule has 0 aliphatic heterocycles. The molecule has 3 rings (SSSR count). The molecule has 1 aromatic heterocycles. The van der Waals surface area contributed by atoms with Crippen LogP contribution in [0, 0.1) is 0 Å². The van der Waals surface area contributed by atoms with Crippen molar-refractivity contribution in [3.05, 3.63) is 87.9 Å². The van der Waals surface area contributed by atoms with Gasteiger partial charge >= 0.3 is 6.03 Å². The van der Waals surface area contributed by atoms with Crippen molar-refractivity contribution in [2.75, 3.05) is 13.6 Å². The monoisotopic (exact) mass is 591 g/mol. The largest absolute Gasteiger partial charge is 0.356 e. The number of carbonyl (C=O) groups excluding carboxylic acids is 3. The summed E-state index contributed by atoms with van der Waals surface area (Å²) in [6.45, 7) is 6.23. The third-order valence-corrected chi connectivity index (χ3v) is 8.21. The van der Waals surface area contributed by atoms with Gasteiger partial charge in [0.2, 0.25) is 11.8 Å². The Hall–Kier alpha value is -3.72. The van der Waals surface area contributed by atoms with Crippen LogP contribution >= 0.6 is 11.3 Å². The number of benzene rings is 2. The topological polar surface area (TPSA) is 103 Å². The maximum absolute atomic E-state index is 13.6. The molecule has 0 spiro atoms. The third-order valence-electron chi connectivity index (χ3n) is 7.01. The zero-order chi connectivity index (χ0) is 30.3. The Kier molecular flexibility index (Phi) is 13.5. The molecule has 226 valence electrons. The fraction of sp³-hybridized carbons (Fsp3) is 0.455. The van der Waals surface area contributed by atoms with Crippen molar-refractivity contribution < 1.29 is 14.4 Å². The Morgan fingerprint density at radius 3 is 2.19 bits per heavy atom. The third kappa shape index (κ3) is 11.6. The summed E-state index contributed by atoms with van der Waals surface area (Å²) in [6.07, 6.45) is 4.78. The van der Waals surface area contributed by atoms with E-state index in [9.17, 15) is 14.4 Å².